The number of nitrogens with zero attached hydrogens (tertiary/aromatic N) is 5. The maximum atomic E-state index is 12.9. The highest BCUT2D eigenvalue weighted by Gasteiger charge is 2.27. The van der Waals surface area contributed by atoms with Gasteiger partial charge in [-0.05, 0) is 63.3 Å². The smallest absolute Gasteiger partial charge is 0.474 e. The molecule has 3 heterocycles. The molecule has 1 N–H and O–H groups in total. The van der Waals surface area contributed by atoms with Crippen LogP contribution in [-0.2, 0) is 18.4 Å². The Hall–Kier alpha value is -4.06. The molecule has 2 unspecified atom stereocenters. The first kappa shape index (κ1) is 32.8. The molecular formula is C31H38N5O7P. The van der Waals surface area contributed by atoms with E-state index in [0.29, 0.717) is 29.5 Å². The van der Waals surface area contributed by atoms with Gasteiger partial charge in [0.2, 0.25) is 11.8 Å². The van der Waals surface area contributed by atoms with Gasteiger partial charge in [-0.3, -0.25) is 13.8 Å². The molecule has 1 aromatic carbocycles. The summed E-state index contributed by atoms with van der Waals surface area (Å²) in [5.41, 5.74) is 4.27. The molecule has 0 aliphatic carbocycles. The number of hydrogen-bond acceptors (Lipinski definition) is 9. The maximum Gasteiger partial charge on any atom is 0.474 e. The molecular weight excluding hydrogens is 585 g/mol. The van der Waals surface area contributed by atoms with Crippen LogP contribution < -0.4 is 14.4 Å². The number of amides is 1. The van der Waals surface area contributed by atoms with Crippen molar-refractivity contribution in [2.45, 2.75) is 20.1 Å². The Morgan fingerprint density at radius 2 is 1.84 bits per heavy atom. The van der Waals surface area contributed by atoms with Gasteiger partial charge in [0.05, 0.1) is 20.8 Å². The lowest BCUT2D eigenvalue weighted by Crippen LogP contribution is -2.24. The van der Waals surface area contributed by atoms with Gasteiger partial charge in [-0.2, -0.15) is 0 Å². The molecule has 0 spiro atoms. The normalized spacial score (nSPS) is 13.8. The summed E-state index contributed by atoms with van der Waals surface area (Å²) in [5.74, 6) is 0.827. The van der Waals surface area contributed by atoms with Crippen molar-refractivity contribution in [3.8, 4) is 33.9 Å². The fourth-order valence-corrected chi connectivity index (χ4v) is 5.46. The number of carbonyl (C=O) groups is 1. The van der Waals surface area contributed by atoms with Crippen LogP contribution in [0.5, 0.6) is 11.6 Å². The first-order valence-electron chi connectivity index (χ1n) is 13.9. The third kappa shape index (κ3) is 7.71. The van der Waals surface area contributed by atoms with Crippen LogP contribution in [0.15, 0.2) is 67.1 Å². The maximum absolute atomic E-state index is 12.9. The van der Waals surface area contributed by atoms with Gasteiger partial charge < -0.3 is 28.7 Å². The van der Waals surface area contributed by atoms with Crippen LogP contribution >= 0.6 is 7.82 Å². The first-order valence-corrected chi connectivity index (χ1v) is 15.4. The highest BCUT2D eigenvalue weighted by Crippen LogP contribution is 2.47. The summed E-state index contributed by atoms with van der Waals surface area (Å²) in [6, 6.07) is 11.2. The Bertz CT molecular complexity index is 1700. The standard InChI is InChI=1S/C31H38N5O7P/c1-8-42-44(38,39)43-21(2)36-20-28(22-11-12-32-29(17-22)41-7)27-16-24(19-33-31(27)36)23-14-25(18-26(15-23)40-6)35(5)30(37)10-9-13-34(3)4/h9-12,14-21H,8,13H2,1-7H3,(H,38,39)/b10-9+. The number of phosphoric acid groups is 1. The van der Waals surface area contributed by atoms with Crippen molar-refractivity contribution in [3.05, 3.63) is 67.1 Å². The summed E-state index contributed by atoms with van der Waals surface area (Å²) in [6.07, 6.45) is 7.61. The zero-order valence-corrected chi connectivity index (χ0v) is 26.8. The minimum absolute atomic E-state index is 0.0201. The van der Waals surface area contributed by atoms with E-state index in [-0.39, 0.29) is 12.5 Å². The minimum atomic E-state index is -4.30. The van der Waals surface area contributed by atoms with Crippen molar-refractivity contribution < 1.29 is 32.8 Å². The molecule has 234 valence electrons. The van der Waals surface area contributed by atoms with E-state index in [4.69, 9.17) is 23.5 Å². The lowest BCUT2D eigenvalue weighted by atomic mass is 10.0. The third-order valence-corrected chi connectivity index (χ3v) is 7.96. The lowest BCUT2D eigenvalue weighted by Gasteiger charge is -2.19. The molecule has 4 rings (SSSR count). The molecule has 3 aromatic heterocycles. The van der Waals surface area contributed by atoms with E-state index in [1.54, 1.807) is 74.3 Å². The number of carbonyl (C=O) groups excluding carboxylic acids is 1. The second-order valence-electron chi connectivity index (χ2n) is 10.2. The topological polar surface area (TPSA) is 128 Å². The monoisotopic (exact) mass is 623 g/mol. The predicted octanol–water partition coefficient (Wildman–Crippen LogP) is 5.54. The number of methoxy groups -OCH3 is 2. The Kier molecular flexibility index (Phi) is 10.6. The van der Waals surface area contributed by atoms with E-state index < -0.39 is 14.1 Å². The quantitative estimate of drug-likeness (QED) is 0.150. The van der Waals surface area contributed by atoms with Crippen LogP contribution in [0.3, 0.4) is 0 Å². The average molecular weight is 624 g/mol. The van der Waals surface area contributed by atoms with Crippen LogP contribution in [0, 0.1) is 0 Å². The second kappa shape index (κ2) is 14.1. The second-order valence-corrected chi connectivity index (χ2v) is 11.6. The van der Waals surface area contributed by atoms with Gasteiger partial charge in [0.25, 0.3) is 0 Å². The predicted molar refractivity (Wildman–Crippen MR) is 170 cm³/mol. The van der Waals surface area contributed by atoms with E-state index in [0.717, 1.165) is 27.6 Å². The Labute approximate surface area is 257 Å². The van der Waals surface area contributed by atoms with Crippen LogP contribution in [0.2, 0.25) is 0 Å². The number of hydrogen-bond donors (Lipinski definition) is 1. The average Bonchev–Trinajstić information content (AvgIpc) is 3.39. The number of rotatable bonds is 13. The van der Waals surface area contributed by atoms with Crippen LogP contribution in [0.1, 0.15) is 20.1 Å². The number of fused-ring (bicyclic) bond motifs is 1. The fraction of sp³-hybridized carbons (Fsp3) is 0.323. The SMILES string of the molecule is CCOP(=O)(O)OC(C)n1cc(-c2ccnc(OC)c2)c2cc(-c3cc(OC)cc(N(C)C(=O)/C=C/CN(C)C)c3)cnc21. The zero-order chi connectivity index (χ0) is 32.0. The number of ether oxygens (including phenoxy) is 2. The molecule has 44 heavy (non-hydrogen) atoms. The lowest BCUT2D eigenvalue weighted by molar-refractivity contribution is -0.113. The Balaban J connectivity index is 1.83. The van der Waals surface area contributed by atoms with Gasteiger partial charge in [0.15, 0.2) is 0 Å². The van der Waals surface area contributed by atoms with Gasteiger partial charge in [-0.1, -0.05) is 6.08 Å². The first-order chi connectivity index (χ1) is 21.0. The van der Waals surface area contributed by atoms with Crippen molar-refractivity contribution in [1.82, 2.24) is 19.4 Å². The molecule has 0 saturated carbocycles. The molecule has 12 nitrogen and oxygen atoms in total. The highest BCUT2D eigenvalue weighted by atomic mass is 31.2. The number of benzene rings is 1. The van der Waals surface area contributed by atoms with Crippen LogP contribution in [-0.4, -0.2) is 78.7 Å². The van der Waals surface area contributed by atoms with E-state index in [9.17, 15) is 14.3 Å². The van der Waals surface area contributed by atoms with E-state index in [1.807, 2.05) is 49.3 Å². The molecule has 0 aliphatic heterocycles. The van der Waals surface area contributed by atoms with Gasteiger partial charge in [0.1, 0.15) is 17.6 Å². The van der Waals surface area contributed by atoms with Crippen molar-refractivity contribution in [3.63, 3.8) is 0 Å². The number of aromatic nitrogens is 3. The van der Waals surface area contributed by atoms with Gasteiger partial charge in [0, 0.05) is 72.6 Å². The van der Waals surface area contributed by atoms with Crippen LogP contribution in [0.25, 0.3) is 33.3 Å². The fourth-order valence-electron chi connectivity index (χ4n) is 4.59. The summed E-state index contributed by atoms with van der Waals surface area (Å²) < 4.78 is 35.4. The van der Waals surface area contributed by atoms with Crippen LogP contribution in [0.4, 0.5) is 5.69 Å². The zero-order valence-electron chi connectivity index (χ0n) is 25.9. The molecule has 4 aromatic rings. The summed E-state index contributed by atoms with van der Waals surface area (Å²) in [7, 11) is 4.38. The Morgan fingerprint density at radius 1 is 1.07 bits per heavy atom. The molecule has 0 fully saturated rings. The van der Waals surface area contributed by atoms with Gasteiger partial charge in [-0.15, -0.1) is 0 Å². The molecule has 0 bridgehead atoms. The molecule has 13 heteroatoms. The third-order valence-electron chi connectivity index (χ3n) is 6.80. The Morgan fingerprint density at radius 3 is 2.52 bits per heavy atom. The molecule has 2 atom stereocenters. The highest BCUT2D eigenvalue weighted by molar-refractivity contribution is 7.47. The number of anilines is 1. The number of pyridine rings is 2. The molecule has 1 amide bonds. The van der Waals surface area contributed by atoms with E-state index in [2.05, 4.69) is 4.98 Å². The van der Waals surface area contributed by atoms with Crippen molar-refractivity contribution in [2.75, 3.05) is 53.4 Å². The molecule has 0 saturated heterocycles. The largest absolute Gasteiger partial charge is 0.497 e. The summed E-state index contributed by atoms with van der Waals surface area (Å²) in [4.78, 5) is 35.5. The van der Waals surface area contributed by atoms with Crippen molar-refractivity contribution in [1.29, 1.82) is 0 Å². The molecule has 0 aliphatic rings. The summed E-state index contributed by atoms with van der Waals surface area (Å²) in [6.45, 7) is 3.92. The van der Waals surface area contributed by atoms with Crippen molar-refractivity contribution >= 4 is 30.5 Å². The van der Waals surface area contributed by atoms with E-state index >= 15 is 0 Å². The van der Waals surface area contributed by atoms with Crippen molar-refractivity contribution in [2.24, 2.45) is 0 Å². The summed E-state index contributed by atoms with van der Waals surface area (Å²) in [5, 5.41) is 0.746. The van der Waals surface area contributed by atoms with Gasteiger partial charge in [-0.25, -0.2) is 14.5 Å². The van der Waals surface area contributed by atoms with Gasteiger partial charge >= 0.3 is 7.82 Å². The number of phosphoric ester groups is 1. The number of likely N-dealkylation sites (N-methyl/N-ethyl adjacent to an activating group) is 2. The molecule has 0 radical (unpaired) electrons. The van der Waals surface area contributed by atoms with E-state index in [1.165, 1.54) is 7.11 Å². The summed E-state index contributed by atoms with van der Waals surface area (Å²) >= 11 is 0. The minimum Gasteiger partial charge on any atom is -0.497 e.